The summed E-state index contributed by atoms with van der Waals surface area (Å²) in [6, 6.07) is 0.691. The Labute approximate surface area is 83.9 Å². The van der Waals surface area contributed by atoms with Gasteiger partial charge in [-0.1, -0.05) is 0 Å². The lowest BCUT2D eigenvalue weighted by molar-refractivity contribution is 0.0515. The van der Waals surface area contributed by atoms with Crippen LogP contribution >= 0.6 is 0 Å². The van der Waals surface area contributed by atoms with Crippen LogP contribution in [0.5, 0.6) is 0 Å². The summed E-state index contributed by atoms with van der Waals surface area (Å²) in [5.74, 6) is -0.871. The smallest absolute Gasteiger partial charge is 0.340 e. The fraction of sp³-hybridized carbons (Fsp3) is 0.333. The van der Waals surface area contributed by atoms with Crippen molar-refractivity contribution in [3.05, 3.63) is 33.7 Å². The Morgan fingerprint density at radius 3 is 2.80 bits per heavy atom. The van der Waals surface area contributed by atoms with Gasteiger partial charge in [-0.2, -0.15) is 0 Å². The third-order valence-electron chi connectivity index (χ3n) is 1.69. The molecule has 0 aliphatic heterocycles. The Bertz CT molecular complexity index is 414. The van der Waals surface area contributed by atoms with Crippen molar-refractivity contribution in [3.8, 4) is 0 Å². The first kappa shape index (κ1) is 11.4. The van der Waals surface area contributed by atoms with E-state index >= 15 is 0 Å². The van der Waals surface area contributed by atoms with Gasteiger partial charge in [-0.3, -0.25) is 4.79 Å². The molecule has 0 aliphatic rings. The summed E-state index contributed by atoms with van der Waals surface area (Å²) in [6.07, 6.45) is -1.95. The number of aromatic nitrogens is 1. The Balaban J connectivity index is 3.17. The third kappa shape index (κ3) is 2.61. The summed E-state index contributed by atoms with van der Waals surface area (Å²) in [7, 11) is 0. The molecule has 15 heavy (non-hydrogen) atoms. The Morgan fingerprint density at radius 2 is 2.27 bits per heavy atom. The second-order valence-electron chi connectivity index (χ2n) is 2.69. The number of hydrogen-bond donors (Lipinski definition) is 1. The molecule has 0 aliphatic carbocycles. The van der Waals surface area contributed by atoms with Crippen LogP contribution < -0.4 is 5.56 Å². The summed E-state index contributed by atoms with van der Waals surface area (Å²) >= 11 is 0. The number of pyridine rings is 1. The molecular formula is C9H9F2NO3. The van der Waals surface area contributed by atoms with E-state index in [9.17, 15) is 18.4 Å². The molecule has 0 atom stereocenters. The number of nitrogens with one attached hydrogen (secondary N) is 1. The van der Waals surface area contributed by atoms with Crippen molar-refractivity contribution >= 4 is 5.97 Å². The minimum Gasteiger partial charge on any atom is -0.462 e. The normalized spacial score (nSPS) is 10.4. The van der Waals surface area contributed by atoms with Gasteiger partial charge in [0.1, 0.15) is 0 Å². The number of alkyl halides is 2. The molecule has 1 aromatic rings. The number of esters is 1. The first-order valence-corrected chi connectivity index (χ1v) is 4.24. The molecule has 0 saturated carbocycles. The van der Waals surface area contributed by atoms with E-state index in [0.717, 1.165) is 6.20 Å². The van der Waals surface area contributed by atoms with Gasteiger partial charge in [-0.05, 0) is 6.92 Å². The molecular weight excluding hydrogens is 208 g/mol. The van der Waals surface area contributed by atoms with E-state index in [1.807, 2.05) is 0 Å². The lowest BCUT2D eigenvalue weighted by atomic mass is 10.1. The number of halogens is 2. The molecule has 1 rings (SSSR count). The van der Waals surface area contributed by atoms with Crippen LogP contribution in [0.15, 0.2) is 17.1 Å². The SMILES string of the molecule is CCOC(=O)c1c[nH]c(=O)cc1C(F)F. The fourth-order valence-electron chi connectivity index (χ4n) is 1.05. The molecule has 0 bridgehead atoms. The molecule has 0 aromatic carbocycles. The van der Waals surface area contributed by atoms with E-state index in [1.54, 1.807) is 6.92 Å². The van der Waals surface area contributed by atoms with Crippen molar-refractivity contribution in [3.63, 3.8) is 0 Å². The summed E-state index contributed by atoms with van der Waals surface area (Å²) in [6.45, 7) is 1.65. The second-order valence-corrected chi connectivity index (χ2v) is 2.69. The lowest BCUT2D eigenvalue weighted by Crippen LogP contribution is -2.14. The van der Waals surface area contributed by atoms with Crippen LogP contribution in [0, 0.1) is 0 Å². The van der Waals surface area contributed by atoms with E-state index in [2.05, 4.69) is 9.72 Å². The van der Waals surface area contributed by atoms with E-state index in [4.69, 9.17) is 0 Å². The highest BCUT2D eigenvalue weighted by atomic mass is 19.3. The van der Waals surface area contributed by atoms with Crippen molar-refractivity contribution in [2.24, 2.45) is 0 Å². The largest absolute Gasteiger partial charge is 0.462 e. The predicted octanol–water partition coefficient (Wildman–Crippen LogP) is 1.49. The van der Waals surface area contributed by atoms with Crippen LogP contribution in [-0.4, -0.2) is 17.6 Å². The van der Waals surface area contributed by atoms with Gasteiger partial charge >= 0.3 is 5.97 Å². The van der Waals surface area contributed by atoms with Crippen molar-refractivity contribution in [2.75, 3.05) is 6.61 Å². The van der Waals surface area contributed by atoms with Crippen molar-refractivity contribution in [1.82, 2.24) is 4.98 Å². The summed E-state index contributed by atoms with van der Waals surface area (Å²) in [5, 5.41) is 0. The maximum absolute atomic E-state index is 12.4. The minimum absolute atomic E-state index is 0.0840. The Morgan fingerprint density at radius 1 is 1.60 bits per heavy atom. The molecule has 1 aromatic heterocycles. The highest BCUT2D eigenvalue weighted by Crippen LogP contribution is 2.21. The zero-order valence-electron chi connectivity index (χ0n) is 7.92. The number of carbonyl (C=O) groups excluding carboxylic acids is 1. The molecule has 6 heteroatoms. The molecule has 4 nitrogen and oxygen atoms in total. The third-order valence-corrected chi connectivity index (χ3v) is 1.69. The highest BCUT2D eigenvalue weighted by molar-refractivity contribution is 5.90. The molecule has 1 N–H and O–H groups in total. The van der Waals surface area contributed by atoms with Crippen molar-refractivity contribution in [2.45, 2.75) is 13.3 Å². The van der Waals surface area contributed by atoms with Gasteiger partial charge < -0.3 is 9.72 Å². The molecule has 82 valence electrons. The van der Waals surface area contributed by atoms with Gasteiger partial charge in [0.25, 0.3) is 6.43 Å². The van der Waals surface area contributed by atoms with Crippen LogP contribution in [0.1, 0.15) is 29.3 Å². The summed E-state index contributed by atoms with van der Waals surface area (Å²) in [4.78, 5) is 24.1. The molecule has 0 saturated heterocycles. The van der Waals surface area contributed by atoms with Crippen molar-refractivity contribution < 1.29 is 18.3 Å². The lowest BCUT2D eigenvalue weighted by Gasteiger charge is -2.06. The Hall–Kier alpha value is -1.72. The minimum atomic E-state index is -2.88. The zero-order valence-corrected chi connectivity index (χ0v) is 7.92. The maximum atomic E-state index is 12.4. The number of carbonyl (C=O) groups is 1. The molecule has 0 amide bonds. The summed E-state index contributed by atoms with van der Waals surface area (Å²) in [5.41, 5.74) is -1.61. The average Bonchev–Trinajstić information content (AvgIpc) is 2.17. The van der Waals surface area contributed by atoms with Gasteiger partial charge in [0.2, 0.25) is 5.56 Å². The quantitative estimate of drug-likeness (QED) is 0.780. The highest BCUT2D eigenvalue weighted by Gasteiger charge is 2.19. The monoisotopic (exact) mass is 217 g/mol. The molecule has 0 radical (unpaired) electrons. The Kier molecular flexibility index (Phi) is 3.54. The number of hydrogen-bond acceptors (Lipinski definition) is 3. The molecule has 0 fully saturated rings. The standard InChI is InChI=1S/C9H9F2NO3/c1-2-15-9(14)6-4-12-7(13)3-5(6)8(10)11/h3-4,8H,2H2,1H3,(H,12,13). The first-order chi connectivity index (χ1) is 7.06. The second kappa shape index (κ2) is 4.68. The van der Waals surface area contributed by atoms with Gasteiger partial charge in [-0.25, -0.2) is 13.6 Å². The number of aromatic amines is 1. The molecule has 1 heterocycles. The van der Waals surface area contributed by atoms with Crippen LogP contribution in [0.4, 0.5) is 8.78 Å². The number of ether oxygens (including phenoxy) is 1. The van der Waals surface area contributed by atoms with Gasteiger partial charge in [0, 0.05) is 17.8 Å². The maximum Gasteiger partial charge on any atom is 0.340 e. The van der Waals surface area contributed by atoms with E-state index in [1.165, 1.54) is 0 Å². The van der Waals surface area contributed by atoms with Crippen LogP contribution in [0.3, 0.4) is 0 Å². The van der Waals surface area contributed by atoms with E-state index in [0.29, 0.717) is 6.07 Å². The van der Waals surface area contributed by atoms with E-state index in [-0.39, 0.29) is 12.2 Å². The molecule has 0 spiro atoms. The average molecular weight is 217 g/mol. The molecule has 0 unspecified atom stereocenters. The van der Waals surface area contributed by atoms with Crippen molar-refractivity contribution in [1.29, 1.82) is 0 Å². The van der Waals surface area contributed by atoms with Gasteiger partial charge in [0.15, 0.2) is 0 Å². The number of H-pyrrole nitrogens is 1. The van der Waals surface area contributed by atoms with E-state index < -0.39 is 23.5 Å². The van der Waals surface area contributed by atoms with Crippen LogP contribution in [-0.2, 0) is 4.74 Å². The topological polar surface area (TPSA) is 59.2 Å². The zero-order chi connectivity index (χ0) is 11.4. The predicted molar refractivity (Wildman–Crippen MR) is 48.0 cm³/mol. The van der Waals surface area contributed by atoms with Crippen LogP contribution in [0.25, 0.3) is 0 Å². The van der Waals surface area contributed by atoms with Gasteiger partial charge in [-0.15, -0.1) is 0 Å². The van der Waals surface area contributed by atoms with Crippen LogP contribution in [0.2, 0.25) is 0 Å². The summed E-state index contributed by atoms with van der Waals surface area (Å²) < 4.78 is 29.5. The number of rotatable bonds is 3. The fourth-order valence-corrected chi connectivity index (χ4v) is 1.05. The van der Waals surface area contributed by atoms with Gasteiger partial charge in [0.05, 0.1) is 12.2 Å². The first-order valence-electron chi connectivity index (χ1n) is 4.24.